The van der Waals surface area contributed by atoms with Gasteiger partial charge < -0.3 is 45.6 Å². The number of amides is 5. The summed E-state index contributed by atoms with van der Waals surface area (Å²) in [5, 5.41) is 26.3. The number of nitrogens with zero attached hydrogens (tertiary/aromatic N) is 4. The van der Waals surface area contributed by atoms with E-state index in [9.17, 15) is 24.3 Å². The molecule has 366 valence electrons. The van der Waals surface area contributed by atoms with E-state index in [1.54, 1.807) is 18.9 Å². The van der Waals surface area contributed by atoms with Crippen molar-refractivity contribution in [3.05, 3.63) is 65.0 Å². The number of hydrogen-bond donors (Lipinski definition) is 5. The summed E-state index contributed by atoms with van der Waals surface area (Å²) in [5.74, 6) is -1.20. The standard InChI is InChI=1S/C51H68N8O8S/c1-8-51(47(63)64)23-16-12-10-9-11-13-19-37(54-48(65)56-43(50(4,5)6)29-58-24-22-32-17-14-15-18-35(32)45(58)61)46(62)59-28-34(26-41(59)44(60)57-51)67-42-27-39(40-30-68-49(55-40)52-31(2)3)53-38-25-33(66-7)20-21-36(38)42/h14-15,17-18,20-21,25,27,30-31,34,37,41,43H,8-13,16,19,22-24,26,28-29H2,1-7H3,(H,52,55)(H,57,60)(H,63,64)(H2,54,56,65)/t34-,37+,41+,43-,51-/m1/s1. The molecule has 0 unspecified atom stereocenters. The Morgan fingerprint density at radius 2 is 1.75 bits per heavy atom. The molecule has 3 aliphatic heterocycles. The molecule has 0 spiro atoms. The lowest BCUT2D eigenvalue weighted by atomic mass is 9.85. The zero-order valence-corrected chi connectivity index (χ0v) is 41.3. The molecule has 3 aliphatic rings. The van der Waals surface area contributed by atoms with Crippen molar-refractivity contribution < 1.29 is 38.6 Å². The maximum Gasteiger partial charge on any atom is 0.329 e. The summed E-state index contributed by atoms with van der Waals surface area (Å²) in [6.45, 7) is 12.6. The van der Waals surface area contributed by atoms with Crippen molar-refractivity contribution in [1.82, 2.24) is 35.7 Å². The van der Waals surface area contributed by atoms with E-state index in [4.69, 9.17) is 19.4 Å². The number of carboxylic acids is 1. The van der Waals surface area contributed by atoms with Gasteiger partial charge in [-0.1, -0.05) is 84.4 Å². The Labute approximate surface area is 403 Å². The van der Waals surface area contributed by atoms with Crippen LogP contribution in [-0.2, 0) is 20.8 Å². The number of fused-ring (bicyclic) bond motifs is 3. The second-order valence-electron chi connectivity index (χ2n) is 19.8. The highest BCUT2D eigenvalue weighted by Crippen LogP contribution is 2.36. The van der Waals surface area contributed by atoms with E-state index in [1.165, 1.54) is 16.2 Å². The number of benzene rings is 2. The number of carbonyl (C=O) groups is 5. The second-order valence-corrected chi connectivity index (χ2v) is 20.7. The number of urea groups is 1. The first-order chi connectivity index (χ1) is 32.5. The van der Waals surface area contributed by atoms with Crippen molar-refractivity contribution in [2.24, 2.45) is 5.41 Å². The fraction of sp³-hybridized carbons (Fsp3) is 0.549. The number of nitrogens with one attached hydrogen (secondary N) is 4. The van der Waals surface area contributed by atoms with Crippen LogP contribution in [0.2, 0.25) is 0 Å². The fourth-order valence-corrected chi connectivity index (χ4v) is 10.3. The Hall–Kier alpha value is -5.97. The molecule has 0 aliphatic carbocycles. The molecular formula is C51H68N8O8S. The highest BCUT2D eigenvalue weighted by Gasteiger charge is 2.47. The van der Waals surface area contributed by atoms with E-state index in [1.807, 2.05) is 88.5 Å². The monoisotopic (exact) mass is 952 g/mol. The normalized spacial score (nSPS) is 22.4. The van der Waals surface area contributed by atoms with Crippen LogP contribution in [0.4, 0.5) is 9.93 Å². The Bertz CT molecular complexity index is 2470. The number of aromatic nitrogens is 2. The average Bonchev–Trinajstić information content (AvgIpc) is 3.95. The summed E-state index contributed by atoms with van der Waals surface area (Å²) >= 11 is 1.46. The molecule has 5 heterocycles. The molecule has 68 heavy (non-hydrogen) atoms. The summed E-state index contributed by atoms with van der Waals surface area (Å²) in [6.07, 6.45) is 5.38. The minimum absolute atomic E-state index is 0.0134. The molecule has 0 radical (unpaired) electrons. The van der Waals surface area contributed by atoms with E-state index in [-0.39, 0.29) is 44.3 Å². The maximum atomic E-state index is 15.1. The van der Waals surface area contributed by atoms with Crippen molar-refractivity contribution in [1.29, 1.82) is 0 Å². The Morgan fingerprint density at radius 3 is 2.47 bits per heavy atom. The van der Waals surface area contributed by atoms with Gasteiger partial charge in [-0.25, -0.2) is 19.6 Å². The third kappa shape index (κ3) is 11.6. The van der Waals surface area contributed by atoms with Crippen molar-refractivity contribution in [2.45, 2.75) is 148 Å². The fourth-order valence-electron chi connectivity index (χ4n) is 9.45. The van der Waals surface area contributed by atoms with Gasteiger partial charge in [-0.15, -0.1) is 11.3 Å². The summed E-state index contributed by atoms with van der Waals surface area (Å²) < 4.78 is 12.4. The Kier molecular flexibility index (Phi) is 15.8. The number of thiazole rings is 1. The molecule has 0 saturated carbocycles. The van der Waals surface area contributed by atoms with Crippen LogP contribution in [0.5, 0.6) is 11.5 Å². The van der Waals surface area contributed by atoms with Crippen LogP contribution >= 0.6 is 11.3 Å². The Balaban J connectivity index is 1.19. The molecule has 2 aromatic heterocycles. The number of hydrogen-bond acceptors (Lipinski definition) is 11. The molecule has 7 rings (SSSR count). The zero-order chi connectivity index (χ0) is 48.8. The van der Waals surface area contributed by atoms with Crippen LogP contribution in [0.25, 0.3) is 22.3 Å². The number of anilines is 1. The number of pyridine rings is 1. The molecule has 16 nitrogen and oxygen atoms in total. The van der Waals surface area contributed by atoms with Gasteiger partial charge in [0.1, 0.15) is 40.9 Å². The first-order valence-electron chi connectivity index (χ1n) is 24.2. The molecule has 2 fully saturated rings. The van der Waals surface area contributed by atoms with Gasteiger partial charge in [0.15, 0.2) is 5.13 Å². The maximum absolute atomic E-state index is 15.1. The minimum Gasteiger partial charge on any atom is -0.497 e. The highest BCUT2D eigenvalue weighted by molar-refractivity contribution is 7.14. The Morgan fingerprint density at radius 1 is 1.00 bits per heavy atom. The number of carbonyl (C=O) groups excluding carboxylic acids is 4. The lowest BCUT2D eigenvalue weighted by Gasteiger charge is -2.38. The van der Waals surface area contributed by atoms with Gasteiger partial charge in [0.05, 0.1) is 30.9 Å². The van der Waals surface area contributed by atoms with Crippen molar-refractivity contribution in [2.75, 3.05) is 32.1 Å². The number of rotatable bonds is 12. The van der Waals surface area contributed by atoms with Crippen LogP contribution in [-0.4, -0.2) is 117 Å². The van der Waals surface area contributed by atoms with E-state index in [0.717, 1.165) is 36.4 Å². The van der Waals surface area contributed by atoms with Gasteiger partial charge >= 0.3 is 12.0 Å². The summed E-state index contributed by atoms with van der Waals surface area (Å²) in [6, 6.07) is 11.9. The van der Waals surface area contributed by atoms with Gasteiger partial charge in [-0.05, 0) is 68.7 Å². The number of carboxylic acid groups (broad SMARTS) is 1. The summed E-state index contributed by atoms with van der Waals surface area (Å²) in [7, 11) is 1.58. The van der Waals surface area contributed by atoms with E-state index < -0.39 is 59.0 Å². The topological polar surface area (TPSA) is 204 Å². The van der Waals surface area contributed by atoms with Gasteiger partial charge in [0, 0.05) is 54.0 Å². The zero-order valence-electron chi connectivity index (χ0n) is 40.5. The molecular weight excluding hydrogens is 885 g/mol. The van der Waals surface area contributed by atoms with Gasteiger partial charge in [0.25, 0.3) is 5.91 Å². The van der Waals surface area contributed by atoms with Crippen LogP contribution < -0.4 is 30.7 Å². The minimum atomic E-state index is -1.53. The predicted molar refractivity (Wildman–Crippen MR) is 263 cm³/mol. The first-order valence-corrected chi connectivity index (χ1v) is 25.0. The number of ether oxygens (including phenoxy) is 2. The lowest BCUT2D eigenvalue weighted by molar-refractivity contribution is -0.150. The van der Waals surface area contributed by atoms with Crippen molar-refractivity contribution in [3.63, 3.8) is 0 Å². The van der Waals surface area contributed by atoms with Crippen LogP contribution in [0.3, 0.4) is 0 Å². The molecule has 5 amide bonds. The molecule has 17 heteroatoms. The average molecular weight is 953 g/mol. The number of aliphatic carboxylic acids is 1. The molecule has 2 saturated heterocycles. The third-order valence-electron chi connectivity index (χ3n) is 13.6. The third-order valence-corrected chi connectivity index (χ3v) is 14.3. The van der Waals surface area contributed by atoms with E-state index in [0.29, 0.717) is 71.6 Å². The van der Waals surface area contributed by atoms with E-state index in [2.05, 4.69) is 21.3 Å². The quantitative estimate of drug-likeness (QED) is 0.0927. The lowest BCUT2D eigenvalue weighted by Crippen LogP contribution is -2.61. The SMILES string of the molecule is CC[C@]1(C(=O)O)CCCCCCCC[C@H](NC(=O)N[C@H](CN2CCc3ccccc3C2=O)C(C)(C)C)C(=O)N2C[C@H](Oc3cc(-c4csc(NC(C)C)n4)nc4cc(OC)ccc34)C[C@H]2C(=O)N1. The number of methoxy groups -OCH3 is 1. The largest absolute Gasteiger partial charge is 0.497 e. The molecule has 0 bridgehead atoms. The van der Waals surface area contributed by atoms with Crippen molar-refractivity contribution in [3.8, 4) is 22.9 Å². The van der Waals surface area contributed by atoms with Crippen molar-refractivity contribution >= 4 is 57.1 Å². The first kappa shape index (κ1) is 49.9. The van der Waals surface area contributed by atoms with E-state index >= 15 is 4.79 Å². The summed E-state index contributed by atoms with van der Waals surface area (Å²) in [5.41, 5.74) is 1.46. The molecule has 2 aromatic carbocycles. The molecule has 4 aromatic rings. The molecule has 5 atom stereocenters. The van der Waals surface area contributed by atoms with Crippen LogP contribution in [0.1, 0.15) is 122 Å². The highest BCUT2D eigenvalue weighted by atomic mass is 32.1. The summed E-state index contributed by atoms with van der Waals surface area (Å²) in [4.78, 5) is 83.5. The van der Waals surface area contributed by atoms with Crippen LogP contribution in [0, 0.1) is 5.41 Å². The van der Waals surface area contributed by atoms with Crippen LogP contribution in [0.15, 0.2) is 53.9 Å². The van der Waals surface area contributed by atoms with Gasteiger partial charge in [0.2, 0.25) is 11.8 Å². The van der Waals surface area contributed by atoms with Gasteiger partial charge in [-0.2, -0.15) is 0 Å². The smallest absolute Gasteiger partial charge is 0.329 e. The van der Waals surface area contributed by atoms with Gasteiger partial charge in [-0.3, -0.25) is 14.4 Å². The molecule has 5 N–H and O–H groups in total. The second kappa shape index (κ2) is 21.5. The predicted octanol–water partition coefficient (Wildman–Crippen LogP) is 7.80.